The Kier molecular flexibility index (Phi) is 7.54. The number of hydrogen-bond donors (Lipinski definition) is 1. The molecule has 0 aliphatic heterocycles. The van der Waals surface area contributed by atoms with Gasteiger partial charge in [-0.15, -0.1) is 0 Å². The summed E-state index contributed by atoms with van der Waals surface area (Å²) in [6, 6.07) is 12.6. The normalized spacial score (nSPS) is 14.4. The Hall–Kier alpha value is -2.27. The van der Waals surface area contributed by atoms with Crippen LogP contribution >= 0.6 is 0 Å². The van der Waals surface area contributed by atoms with Crippen molar-refractivity contribution in [3.05, 3.63) is 53.8 Å². The van der Waals surface area contributed by atoms with Crippen LogP contribution in [-0.4, -0.2) is 25.4 Å². The molecular formula is C23H30FNO3. The van der Waals surface area contributed by atoms with Crippen LogP contribution < -0.4 is 19.5 Å². The monoisotopic (exact) mass is 387 g/mol. The van der Waals surface area contributed by atoms with Crippen LogP contribution in [0.3, 0.4) is 0 Å². The van der Waals surface area contributed by atoms with Gasteiger partial charge in [0.05, 0.1) is 12.2 Å². The third-order valence-corrected chi connectivity index (χ3v) is 4.64. The smallest absolute Gasteiger partial charge is 0.164 e. The molecule has 0 heterocycles. The van der Waals surface area contributed by atoms with Crippen molar-refractivity contribution in [3.8, 4) is 17.2 Å². The van der Waals surface area contributed by atoms with E-state index in [1.807, 2.05) is 26.0 Å². The summed E-state index contributed by atoms with van der Waals surface area (Å²) in [7, 11) is 0. The summed E-state index contributed by atoms with van der Waals surface area (Å²) < 4.78 is 30.9. The Morgan fingerprint density at radius 2 is 1.89 bits per heavy atom. The van der Waals surface area contributed by atoms with Gasteiger partial charge >= 0.3 is 0 Å². The summed E-state index contributed by atoms with van der Waals surface area (Å²) in [5.41, 5.74) is 1.18. The third-order valence-electron chi connectivity index (χ3n) is 4.64. The molecule has 0 radical (unpaired) electrons. The molecule has 2 aromatic rings. The Labute approximate surface area is 167 Å². The lowest BCUT2D eigenvalue weighted by Gasteiger charge is -2.15. The van der Waals surface area contributed by atoms with Crippen LogP contribution in [0.1, 0.15) is 45.1 Å². The second-order valence-electron chi connectivity index (χ2n) is 7.45. The van der Waals surface area contributed by atoms with Crippen molar-refractivity contribution in [2.24, 2.45) is 0 Å². The molecule has 5 heteroatoms. The molecule has 28 heavy (non-hydrogen) atoms. The lowest BCUT2D eigenvalue weighted by molar-refractivity contribution is 0.210. The average molecular weight is 387 g/mol. The second-order valence-corrected chi connectivity index (χ2v) is 7.45. The zero-order valence-corrected chi connectivity index (χ0v) is 16.7. The summed E-state index contributed by atoms with van der Waals surface area (Å²) >= 11 is 0. The van der Waals surface area contributed by atoms with E-state index in [0.717, 1.165) is 25.1 Å². The van der Waals surface area contributed by atoms with Gasteiger partial charge in [0.15, 0.2) is 11.5 Å². The van der Waals surface area contributed by atoms with Gasteiger partial charge in [-0.05, 0) is 69.4 Å². The first-order valence-corrected chi connectivity index (χ1v) is 10.2. The fourth-order valence-corrected chi connectivity index (χ4v) is 3.34. The molecule has 0 spiro atoms. The molecule has 0 unspecified atom stereocenters. The van der Waals surface area contributed by atoms with E-state index >= 15 is 0 Å². The number of rotatable bonds is 10. The van der Waals surface area contributed by atoms with Crippen LogP contribution in [-0.2, 0) is 6.54 Å². The first-order valence-electron chi connectivity index (χ1n) is 10.2. The van der Waals surface area contributed by atoms with Crippen molar-refractivity contribution in [2.75, 3.05) is 13.2 Å². The molecule has 1 saturated carbocycles. The average Bonchev–Trinajstić information content (AvgIpc) is 3.16. The summed E-state index contributed by atoms with van der Waals surface area (Å²) in [6.07, 6.45) is 5.18. The van der Waals surface area contributed by atoms with E-state index < -0.39 is 0 Å². The highest BCUT2D eigenvalue weighted by Crippen LogP contribution is 2.29. The van der Waals surface area contributed by atoms with Crippen molar-refractivity contribution < 1.29 is 18.6 Å². The molecule has 0 atom stereocenters. The topological polar surface area (TPSA) is 39.7 Å². The maximum absolute atomic E-state index is 13.4. The van der Waals surface area contributed by atoms with E-state index in [4.69, 9.17) is 14.2 Å². The van der Waals surface area contributed by atoms with Crippen LogP contribution in [0.25, 0.3) is 0 Å². The quantitative estimate of drug-likeness (QED) is 0.576. The first-order chi connectivity index (χ1) is 13.6. The highest BCUT2D eigenvalue weighted by Gasteiger charge is 2.16. The van der Waals surface area contributed by atoms with Gasteiger partial charge in [0.25, 0.3) is 0 Å². The zero-order valence-electron chi connectivity index (χ0n) is 16.7. The SMILES string of the molecule is CC(C)Oc1cc(F)ccc1OCCNCc1cccc(OC2CCCC2)c1. The lowest BCUT2D eigenvalue weighted by Crippen LogP contribution is -2.21. The van der Waals surface area contributed by atoms with E-state index in [2.05, 4.69) is 17.4 Å². The number of halogens is 1. The summed E-state index contributed by atoms with van der Waals surface area (Å²) in [5.74, 6) is 1.61. The third kappa shape index (κ3) is 6.41. The van der Waals surface area contributed by atoms with Crippen LogP contribution in [0.5, 0.6) is 17.2 Å². The van der Waals surface area contributed by atoms with E-state index in [9.17, 15) is 4.39 Å². The lowest BCUT2D eigenvalue weighted by atomic mass is 10.2. The summed E-state index contributed by atoms with van der Waals surface area (Å²) in [6.45, 7) is 5.69. The van der Waals surface area contributed by atoms with Crippen molar-refractivity contribution >= 4 is 0 Å². The fraction of sp³-hybridized carbons (Fsp3) is 0.478. The molecule has 4 nitrogen and oxygen atoms in total. The molecule has 152 valence electrons. The van der Waals surface area contributed by atoms with Crippen molar-refractivity contribution in [2.45, 2.75) is 58.3 Å². The van der Waals surface area contributed by atoms with Crippen molar-refractivity contribution in [3.63, 3.8) is 0 Å². The molecular weight excluding hydrogens is 357 g/mol. The van der Waals surface area contributed by atoms with Gasteiger partial charge in [-0.3, -0.25) is 0 Å². The van der Waals surface area contributed by atoms with Crippen LogP contribution in [0.4, 0.5) is 4.39 Å². The van der Waals surface area contributed by atoms with Gasteiger partial charge in [-0.2, -0.15) is 0 Å². The van der Waals surface area contributed by atoms with E-state index in [1.54, 1.807) is 6.07 Å². The van der Waals surface area contributed by atoms with Crippen LogP contribution in [0.2, 0.25) is 0 Å². The van der Waals surface area contributed by atoms with Gasteiger partial charge in [0.1, 0.15) is 18.2 Å². The second kappa shape index (κ2) is 10.3. The summed E-state index contributed by atoms with van der Waals surface area (Å²) in [4.78, 5) is 0. The van der Waals surface area contributed by atoms with E-state index in [-0.39, 0.29) is 11.9 Å². The molecule has 0 aromatic heterocycles. The standard InChI is InChI=1S/C23H30FNO3/c1-17(2)27-23-15-19(24)10-11-22(23)26-13-12-25-16-18-6-5-9-21(14-18)28-20-7-3-4-8-20/h5-6,9-11,14-15,17,20,25H,3-4,7-8,12-13,16H2,1-2H3. The van der Waals surface area contributed by atoms with Gasteiger partial charge in [-0.25, -0.2) is 4.39 Å². The highest BCUT2D eigenvalue weighted by molar-refractivity contribution is 5.40. The Balaban J connectivity index is 1.42. The fourth-order valence-electron chi connectivity index (χ4n) is 3.34. The van der Waals surface area contributed by atoms with Gasteiger partial charge < -0.3 is 19.5 Å². The molecule has 1 aliphatic rings. The molecule has 0 bridgehead atoms. The van der Waals surface area contributed by atoms with Crippen LogP contribution in [0, 0.1) is 5.82 Å². The van der Waals surface area contributed by atoms with E-state index in [0.29, 0.717) is 30.8 Å². The Morgan fingerprint density at radius 1 is 1.07 bits per heavy atom. The largest absolute Gasteiger partial charge is 0.490 e. The highest BCUT2D eigenvalue weighted by atomic mass is 19.1. The number of ether oxygens (including phenoxy) is 3. The minimum Gasteiger partial charge on any atom is -0.490 e. The first kappa shape index (κ1) is 20.5. The number of benzene rings is 2. The predicted molar refractivity (Wildman–Crippen MR) is 109 cm³/mol. The maximum Gasteiger partial charge on any atom is 0.164 e. The zero-order chi connectivity index (χ0) is 19.8. The molecule has 0 amide bonds. The molecule has 1 aliphatic carbocycles. The van der Waals surface area contributed by atoms with Gasteiger partial charge in [-0.1, -0.05) is 12.1 Å². The predicted octanol–water partition coefficient (Wildman–Crippen LogP) is 5.10. The minimum atomic E-state index is -0.333. The molecule has 1 fully saturated rings. The van der Waals surface area contributed by atoms with Gasteiger partial charge in [0, 0.05) is 19.2 Å². The molecule has 2 aromatic carbocycles. The number of nitrogens with one attached hydrogen (secondary N) is 1. The maximum atomic E-state index is 13.4. The molecule has 0 saturated heterocycles. The minimum absolute atomic E-state index is 0.0407. The summed E-state index contributed by atoms with van der Waals surface area (Å²) in [5, 5.41) is 3.37. The Bertz CT molecular complexity index is 744. The molecule has 3 rings (SSSR count). The number of hydrogen-bond acceptors (Lipinski definition) is 4. The Morgan fingerprint density at radius 3 is 2.68 bits per heavy atom. The van der Waals surface area contributed by atoms with E-state index in [1.165, 1.54) is 30.5 Å². The van der Waals surface area contributed by atoms with Crippen molar-refractivity contribution in [1.29, 1.82) is 0 Å². The van der Waals surface area contributed by atoms with Crippen molar-refractivity contribution in [1.82, 2.24) is 5.32 Å². The molecule has 1 N–H and O–H groups in total. The van der Waals surface area contributed by atoms with Crippen LogP contribution in [0.15, 0.2) is 42.5 Å². The van der Waals surface area contributed by atoms with Gasteiger partial charge in [0.2, 0.25) is 0 Å².